The molecule has 1 atom stereocenters. The number of carboxylic acids is 2. The quantitative estimate of drug-likeness (QED) is 0.553. The number of aryl methyl sites for hydroxylation is 1. The second-order valence-electron chi connectivity index (χ2n) is 9.22. The standard InChI is InChI=1S/C19H27N5.2C2HF3O2/c1-22-12-17(11-21-22)13-23-9-4-6-19(15-23)7-10-24(16-19)14-18-5-2-3-8-20-18;2*3-2(4,5)1(6)7/h2-3,5,8,11-12H,4,6-7,9-10,13-16H2,1H3;2*(H,6,7). The fraction of sp³-hybridized carbons (Fsp3) is 0.565. The lowest BCUT2D eigenvalue weighted by Crippen LogP contribution is -2.44. The van der Waals surface area contributed by atoms with Crippen LogP contribution in [0.4, 0.5) is 26.3 Å². The molecule has 0 saturated carbocycles. The van der Waals surface area contributed by atoms with Crippen molar-refractivity contribution in [2.75, 3.05) is 26.2 Å². The number of rotatable bonds is 4. The summed E-state index contributed by atoms with van der Waals surface area (Å²) in [7, 11) is 1.99. The summed E-state index contributed by atoms with van der Waals surface area (Å²) in [6.45, 7) is 6.89. The van der Waals surface area contributed by atoms with Crippen LogP contribution in [-0.4, -0.2) is 85.2 Å². The van der Waals surface area contributed by atoms with Gasteiger partial charge in [-0.3, -0.25) is 19.5 Å². The fourth-order valence-electron chi connectivity index (χ4n) is 4.47. The molecule has 0 amide bonds. The van der Waals surface area contributed by atoms with E-state index >= 15 is 0 Å². The van der Waals surface area contributed by atoms with Crippen LogP contribution in [0.3, 0.4) is 0 Å². The van der Waals surface area contributed by atoms with E-state index in [1.165, 1.54) is 56.7 Å². The van der Waals surface area contributed by atoms with Gasteiger partial charge < -0.3 is 10.2 Å². The predicted octanol–water partition coefficient (Wildman–Crippen LogP) is 3.57. The number of pyridine rings is 1. The van der Waals surface area contributed by atoms with Crippen LogP contribution in [0.5, 0.6) is 0 Å². The fourth-order valence-corrected chi connectivity index (χ4v) is 4.47. The van der Waals surface area contributed by atoms with E-state index in [0.717, 1.165) is 13.1 Å². The molecule has 4 heterocycles. The summed E-state index contributed by atoms with van der Waals surface area (Å²) < 4.78 is 65.4. The van der Waals surface area contributed by atoms with E-state index in [2.05, 4.69) is 38.2 Å². The van der Waals surface area contributed by atoms with E-state index in [0.29, 0.717) is 5.41 Å². The highest BCUT2D eigenvalue weighted by atomic mass is 19.4. The molecule has 1 unspecified atom stereocenters. The minimum atomic E-state index is -5.08. The van der Waals surface area contributed by atoms with Crippen molar-refractivity contribution in [2.24, 2.45) is 12.5 Å². The summed E-state index contributed by atoms with van der Waals surface area (Å²) >= 11 is 0. The molecule has 2 aromatic heterocycles. The lowest BCUT2D eigenvalue weighted by atomic mass is 9.79. The van der Waals surface area contributed by atoms with Crippen molar-refractivity contribution in [3.8, 4) is 0 Å². The lowest BCUT2D eigenvalue weighted by molar-refractivity contribution is -0.193. The highest BCUT2D eigenvalue weighted by Crippen LogP contribution is 2.39. The topological polar surface area (TPSA) is 112 Å². The Labute approximate surface area is 214 Å². The number of aromatic nitrogens is 3. The first-order chi connectivity index (χ1) is 17.6. The highest BCUT2D eigenvalue weighted by Gasteiger charge is 2.41. The second kappa shape index (κ2) is 13.0. The largest absolute Gasteiger partial charge is 0.490 e. The zero-order valence-corrected chi connectivity index (χ0v) is 20.5. The molecule has 2 fully saturated rings. The first kappa shape index (κ1) is 31.0. The van der Waals surface area contributed by atoms with E-state index in [4.69, 9.17) is 19.8 Å². The number of piperidine rings is 1. The minimum Gasteiger partial charge on any atom is -0.475 e. The summed E-state index contributed by atoms with van der Waals surface area (Å²) in [5.74, 6) is -5.51. The van der Waals surface area contributed by atoms with E-state index in [9.17, 15) is 26.3 Å². The van der Waals surface area contributed by atoms with Gasteiger partial charge in [0.15, 0.2) is 0 Å². The molecule has 1 spiro atoms. The van der Waals surface area contributed by atoms with Crippen LogP contribution in [0.1, 0.15) is 30.5 Å². The molecule has 2 saturated heterocycles. The van der Waals surface area contributed by atoms with Crippen molar-refractivity contribution in [3.63, 3.8) is 0 Å². The Balaban J connectivity index is 0.000000301. The van der Waals surface area contributed by atoms with Crippen LogP contribution in [0.2, 0.25) is 0 Å². The lowest BCUT2D eigenvalue weighted by Gasteiger charge is -2.40. The Kier molecular flexibility index (Phi) is 10.6. The number of alkyl halides is 6. The normalized spacial score (nSPS) is 20.3. The molecule has 2 aromatic rings. The van der Waals surface area contributed by atoms with Gasteiger partial charge in [-0.25, -0.2) is 9.59 Å². The second-order valence-corrected chi connectivity index (χ2v) is 9.22. The maximum atomic E-state index is 10.6. The van der Waals surface area contributed by atoms with Gasteiger partial charge in [-0.2, -0.15) is 31.4 Å². The monoisotopic (exact) mass is 553 g/mol. The Morgan fingerprint density at radius 1 is 0.947 bits per heavy atom. The molecule has 38 heavy (non-hydrogen) atoms. The van der Waals surface area contributed by atoms with Crippen LogP contribution in [0.15, 0.2) is 36.8 Å². The van der Waals surface area contributed by atoms with Crippen LogP contribution in [0.25, 0.3) is 0 Å². The molecule has 212 valence electrons. The summed E-state index contributed by atoms with van der Waals surface area (Å²) in [5, 5.41) is 18.6. The molecule has 0 aromatic carbocycles. The van der Waals surface area contributed by atoms with Crippen molar-refractivity contribution < 1.29 is 46.1 Å². The SMILES string of the molecule is Cn1cc(CN2CCCC3(CCN(Cc4ccccn4)C3)C2)cn1.O=C(O)C(F)(F)F.O=C(O)C(F)(F)F. The molecule has 0 aliphatic carbocycles. The van der Waals surface area contributed by atoms with Gasteiger partial charge in [0.2, 0.25) is 0 Å². The van der Waals surface area contributed by atoms with Crippen molar-refractivity contribution in [1.29, 1.82) is 0 Å². The van der Waals surface area contributed by atoms with E-state index in [-0.39, 0.29) is 0 Å². The maximum Gasteiger partial charge on any atom is 0.490 e. The van der Waals surface area contributed by atoms with Crippen LogP contribution >= 0.6 is 0 Å². The third kappa shape index (κ3) is 10.3. The Morgan fingerprint density at radius 2 is 1.53 bits per heavy atom. The van der Waals surface area contributed by atoms with Gasteiger partial charge in [-0.15, -0.1) is 0 Å². The Hall–Kier alpha value is -3.20. The van der Waals surface area contributed by atoms with Gasteiger partial charge in [0.1, 0.15) is 0 Å². The summed E-state index contributed by atoms with van der Waals surface area (Å²) in [6.07, 6.45) is -0.111. The van der Waals surface area contributed by atoms with Crippen molar-refractivity contribution in [1.82, 2.24) is 24.6 Å². The molecule has 0 radical (unpaired) electrons. The van der Waals surface area contributed by atoms with Gasteiger partial charge in [0.25, 0.3) is 0 Å². The van der Waals surface area contributed by atoms with Gasteiger partial charge in [0.05, 0.1) is 11.9 Å². The molecule has 0 bridgehead atoms. The smallest absolute Gasteiger partial charge is 0.475 e. The number of halogens is 6. The summed E-state index contributed by atoms with van der Waals surface area (Å²) in [6, 6.07) is 6.22. The number of hydrogen-bond acceptors (Lipinski definition) is 6. The molecular weight excluding hydrogens is 524 g/mol. The zero-order valence-electron chi connectivity index (χ0n) is 20.5. The van der Waals surface area contributed by atoms with Crippen molar-refractivity contribution >= 4 is 11.9 Å². The Morgan fingerprint density at radius 3 is 2.00 bits per heavy atom. The van der Waals surface area contributed by atoms with E-state index < -0.39 is 24.3 Å². The molecule has 9 nitrogen and oxygen atoms in total. The number of carboxylic acid groups (broad SMARTS) is 2. The van der Waals surface area contributed by atoms with E-state index in [1.807, 2.05) is 30.2 Å². The van der Waals surface area contributed by atoms with Gasteiger partial charge >= 0.3 is 24.3 Å². The number of likely N-dealkylation sites (tertiary alicyclic amines) is 2. The number of nitrogens with zero attached hydrogens (tertiary/aromatic N) is 5. The Bertz CT molecular complexity index is 1020. The van der Waals surface area contributed by atoms with Gasteiger partial charge in [-0.05, 0) is 49.9 Å². The van der Waals surface area contributed by atoms with Gasteiger partial charge in [0, 0.05) is 51.2 Å². The molecular formula is C23H29F6N5O4. The summed E-state index contributed by atoms with van der Waals surface area (Å²) in [5.41, 5.74) is 3.00. The highest BCUT2D eigenvalue weighted by molar-refractivity contribution is 5.73. The molecule has 2 aliphatic rings. The first-order valence-corrected chi connectivity index (χ1v) is 11.5. The van der Waals surface area contributed by atoms with Gasteiger partial charge in [-0.1, -0.05) is 6.07 Å². The van der Waals surface area contributed by atoms with Crippen LogP contribution in [0, 0.1) is 5.41 Å². The molecule has 2 aliphatic heterocycles. The number of carbonyl (C=O) groups is 2. The maximum absolute atomic E-state index is 10.6. The number of aliphatic carboxylic acids is 2. The van der Waals surface area contributed by atoms with E-state index in [1.54, 1.807) is 0 Å². The molecule has 15 heteroatoms. The van der Waals surface area contributed by atoms with Crippen LogP contribution < -0.4 is 0 Å². The third-order valence-electron chi connectivity index (χ3n) is 6.02. The molecule has 4 rings (SSSR count). The summed E-state index contributed by atoms with van der Waals surface area (Å²) in [4.78, 5) is 27.5. The van der Waals surface area contributed by atoms with Crippen molar-refractivity contribution in [3.05, 3.63) is 48.0 Å². The minimum absolute atomic E-state index is 0.481. The molecule has 2 N–H and O–H groups in total. The average Bonchev–Trinajstić information content (AvgIpc) is 3.39. The van der Waals surface area contributed by atoms with Crippen LogP contribution in [-0.2, 0) is 29.7 Å². The predicted molar refractivity (Wildman–Crippen MR) is 122 cm³/mol. The number of hydrogen-bond donors (Lipinski definition) is 2. The third-order valence-corrected chi connectivity index (χ3v) is 6.02. The zero-order chi connectivity index (χ0) is 28.6. The van der Waals surface area contributed by atoms with Crippen molar-refractivity contribution in [2.45, 2.75) is 44.7 Å². The first-order valence-electron chi connectivity index (χ1n) is 11.5. The average molecular weight is 554 g/mol.